The van der Waals surface area contributed by atoms with Crippen molar-refractivity contribution in [3.63, 3.8) is 0 Å². The Morgan fingerprint density at radius 2 is 1.84 bits per heavy atom. The summed E-state index contributed by atoms with van der Waals surface area (Å²) in [4.78, 5) is 16.3. The van der Waals surface area contributed by atoms with E-state index in [0.29, 0.717) is 22.7 Å². The number of carbonyl (C=O) groups is 1. The zero-order chi connectivity index (χ0) is 18.8. The van der Waals surface area contributed by atoms with Gasteiger partial charge in [-0.15, -0.1) is 0 Å². The van der Waals surface area contributed by atoms with Crippen LogP contribution in [0.25, 0.3) is 11.1 Å². The van der Waals surface area contributed by atoms with Gasteiger partial charge in [0.25, 0.3) is 0 Å². The molecule has 0 fully saturated rings. The molecule has 25 heavy (non-hydrogen) atoms. The minimum Gasteiger partial charge on any atom is -0.479 e. The summed E-state index contributed by atoms with van der Waals surface area (Å²) in [7, 11) is 3.37. The highest BCUT2D eigenvalue weighted by Gasteiger charge is 2.32. The summed E-state index contributed by atoms with van der Waals surface area (Å²) in [5.41, 5.74) is -0.0109. The van der Waals surface area contributed by atoms with Gasteiger partial charge in [-0.05, 0) is 30.7 Å². The molecule has 1 aromatic heterocycles. The van der Waals surface area contributed by atoms with Crippen molar-refractivity contribution in [2.24, 2.45) is 0 Å². The van der Waals surface area contributed by atoms with Crippen LogP contribution >= 0.6 is 0 Å². The summed E-state index contributed by atoms with van der Waals surface area (Å²) in [5.74, 6) is -0.411. The highest BCUT2D eigenvalue weighted by atomic mass is 19.4. The minimum atomic E-state index is -4.49. The largest absolute Gasteiger partial charge is 0.479 e. The number of rotatable bonds is 5. The lowest BCUT2D eigenvalue weighted by Gasteiger charge is -2.18. The lowest BCUT2D eigenvalue weighted by Crippen LogP contribution is -2.22. The molecule has 134 valence electrons. The third-order valence-corrected chi connectivity index (χ3v) is 3.44. The first-order chi connectivity index (χ1) is 11.6. The predicted molar refractivity (Wildman–Crippen MR) is 86.7 cm³/mol. The van der Waals surface area contributed by atoms with E-state index < -0.39 is 23.8 Å². The Morgan fingerprint density at radius 3 is 2.32 bits per heavy atom. The van der Waals surface area contributed by atoms with Crippen LogP contribution in [0, 0.1) is 0 Å². The summed E-state index contributed by atoms with van der Waals surface area (Å²) in [6.45, 7) is 1.39. The first-order valence-electron chi connectivity index (χ1n) is 7.34. The Hall–Kier alpha value is -2.77. The van der Waals surface area contributed by atoms with Crippen molar-refractivity contribution >= 4 is 11.8 Å². The number of benzene rings is 1. The topological polar surface area (TPSA) is 62.7 Å². The van der Waals surface area contributed by atoms with Gasteiger partial charge in [0.2, 0.25) is 0 Å². The second-order valence-corrected chi connectivity index (χ2v) is 5.61. The number of aromatic nitrogens is 1. The molecule has 8 heteroatoms. The van der Waals surface area contributed by atoms with Crippen LogP contribution in [-0.2, 0) is 11.0 Å². The molecule has 1 N–H and O–H groups in total. The molecule has 2 rings (SSSR count). The van der Waals surface area contributed by atoms with Crippen LogP contribution in [-0.4, -0.2) is 36.3 Å². The molecular formula is C17H17F3N2O3. The normalized spacial score (nSPS) is 12.6. The molecule has 0 aliphatic carbocycles. The third kappa shape index (κ3) is 4.40. The van der Waals surface area contributed by atoms with Crippen LogP contribution in [0.1, 0.15) is 12.5 Å². The van der Waals surface area contributed by atoms with Gasteiger partial charge in [0.05, 0.1) is 5.56 Å². The summed E-state index contributed by atoms with van der Waals surface area (Å²) in [6, 6.07) is 7.18. The zero-order valence-electron chi connectivity index (χ0n) is 13.8. The van der Waals surface area contributed by atoms with E-state index in [2.05, 4.69) is 4.98 Å². The van der Waals surface area contributed by atoms with Gasteiger partial charge in [0, 0.05) is 25.9 Å². The number of carboxylic acid groups (broad SMARTS) is 1. The molecule has 0 aliphatic heterocycles. The van der Waals surface area contributed by atoms with Crippen LogP contribution < -0.4 is 9.64 Å². The van der Waals surface area contributed by atoms with Crippen molar-refractivity contribution in [3.05, 3.63) is 42.1 Å². The summed E-state index contributed by atoms with van der Waals surface area (Å²) < 4.78 is 44.1. The minimum absolute atomic E-state index is 0.310. The molecule has 0 aliphatic rings. The fourth-order valence-corrected chi connectivity index (χ4v) is 2.15. The molecule has 5 nitrogen and oxygen atoms in total. The number of nitrogens with zero attached hydrogens (tertiary/aromatic N) is 2. The van der Waals surface area contributed by atoms with Crippen molar-refractivity contribution in [2.45, 2.75) is 19.2 Å². The second kappa shape index (κ2) is 7.00. The molecule has 0 saturated carbocycles. The molecule has 0 amide bonds. The Labute approximate surface area is 142 Å². The van der Waals surface area contributed by atoms with Crippen molar-refractivity contribution in [1.29, 1.82) is 0 Å². The third-order valence-electron chi connectivity index (χ3n) is 3.44. The Balaban J connectivity index is 2.41. The van der Waals surface area contributed by atoms with E-state index in [1.165, 1.54) is 19.1 Å². The molecular weight excluding hydrogens is 337 g/mol. The van der Waals surface area contributed by atoms with Crippen molar-refractivity contribution < 1.29 is 27.8 Å². The van der Waals surface area contributed by atoms with Crippen LogP contribution in [0.2, 0.25) is 0 Å². The summed E-state index contributed by atoms with van der Waals surface area (Å²) in [6.07, 6.45) is -4.73. The smallest absolute Gasteiger partial charge is 0.417 e. The lowest BCUT2D eigenvalue weighted by molar-refractivity contribution is -0.144. The Kier molecular flexibility index (Phi) is 5.20. The fourth-order valence-electron chi connectivity index (χ4n) is 2.15. The van der Waals surface area contributed by atoms with E-state index in [1.807, 2.05) is 0 Å². The highest BCUT2D eigenvalue weighted by Crippen LogP contribution is 2.36. The monoisotopic (exact) mass is 354 g/mol. The molecule has 0 spiro atoms. The van der Waals surface area contributed by atoms with Gasteiger partial charge in [-0.1, -0.05) is 12.1 Å². The van der Waals surface area contributed by atoms with Crippen LogP contribution in [0.5, 0.6) is 5.75 Å². The van der Waals surface area contributed by atoms with E-state index in [-0.39, 0.29) is 0 Å². The van der Waals surface area contributed by atoms with Gasteiger partial charge in [-0.3, -0.25) is 0 Å². The van der Waals surface area contributed by atoms with E-state index in [4.69, 9.17) is 9.84 Å². The number of carboxylic acids is 1. The Morgan fingerprint density at radius 1 is 1.24 bits per heavy atom. The van der Waals surface area contributed by atoms with Crippen LogP contribution in [0.4, 0.5) is 19.0 Å². The average Bonchev–Trinajstić information content (AvgIpc) is 2.54. The van der Waals surface area contributed by atoms with Crippen LogP contribution in [0.15, 0.2) is 36.5 Å². The highest BCUT2D eigenvalue weighted by molar-refractivity contribution is 5.77. The first-order valence-corrected chi connectivity index (χ1v) is 7.34. The van der Waals surface area contributed by atoms with Crippen molar-refractivity contribution in [2.75, 3.05) is 19.0 Å². The van der Waals surface area contributed by atoms with Gasteiger partial charge in [0.15, 0.2) is 6.10 Å². The van der Waals surface area contributed by atoms with Gasteiger partial charge in [-0.2, -0.15) is 13.2 Å². The fraction of sp³-hybridized carbons (Fsp3) is 0.294. The number of anilines is 1. The van der Waals surface area contributed by atoms with Gasteiger partial charge in [0.1, 0.15) is 11.6 Å². The van der Waals surface area contributed by atoms with Crippen LogP contribution in [0.3, 0.4) is 0 Å². The number of aliphatic carboxylic acids is 1. The number of halogens is 3. The molecule has 0 saturated heterocycles. The van der Waals surface area contributed by atoms with E-state index in [9.17, 15) is 18.0 Å². The van der Waals surface area contributed by atoms with Gasteiger partial charge in [-0.25, -0.2) is 9.78 Å². The standard InChI is InChI=1S/C17H17F3N2O3/c1-10(16(23)24)25-13-6-4-11(5-7-13)14-8-12(17(18,19)20)9-21-15(14)22(2)3/h4-10H,1-3H3,(H,23,24)/t10-/m1/s1. The summed E-state index contributed by atoms with van der Waals surface area (Å²) in [5, 5.41) is 8.83. The molecule has 2 aromatic rings. The average molecular weight is 354 g/mol. The van der Waals surface area contributed by atoms with Crippen molar-refractivity contribution in [1.82, 2.24) is 4.98 Å². The number of pyridine rings is 1. The maximum absolute atomic E-state index is 13.0. The van der Waals surface area contributed by atoms with E-state index >= 15 is 0 Å². The SMILES string of the molecule is C[C@@H](Oc1ccc(-c2cc(C(F)(F)F)cnc2N(C)C)cc1)C(=O)O. The zero-order valence-corrected chi connectivity index (χ0v) is 13.8. The number of ether oxygens (including phenoxy) is 1. The van der Waals surface area contributed by atoms with Gasteiger partial charge >= 0.3 is 12.1 Å². The van der Waals surface area contributed by atoms with Crippen molar-refractivity contribution in [3.8, 4) is 16.9 Å². The molecule has 1 atom stereocenters. The molecule has 1 heterocycles. The molecule has 1 aromatic carbocycles. The molecule has 0 bridgehead atoms. The predicted octanol–water partition coefficient (Wildman–Crippen LogP) is 3.69. The maximum Gasteiger partial charge on any atom is 0.417 e. The van der Waals surface area contributed by atoms with Gasteiger partial charge < -0.3 is 14.7 Å². The van der Waals surface area contributed by atoms with E-state index in [1.54, 1.807) is 31.1 Å². The summed E-state index contributed by atoms with van der Waals surface area (Å²) >= 11 is 0. The van der Waals surface area contributed by atoms with E-state index in [0.717, 1.165) is 12.3 Å². The first kappa shape index (κ1) is 18.6. The number of alkyl halides is 3. The lowest BCUT2D eigenvalue weighted by atomic mass is 10.0. The second-order valence-electron chi connectivity index (χ2n) is 5.61. The quantitative estimate of drug-likeness (QED) is 0.887. The maximum atomic E-state index is 13.0. The molecule has 0 unspecified atom stereocenters. The molecule has 0 radical (unpaired) electrons. The number of hydrogen-bond acceptors (Lipinski definition) is 4. The number of hydrogen-bond donors (Lipinski definition) is 1. The Bertz CT molecular complexity index is 759.